The van der Waals surface area contributed by atoms with Gasteiger partial charge < -0.3 is 4.74 Å². The first kappa shape index (κ1) is 15.3. The van der Waals surface area contributed by atoms with E-state index >= 15 is 0 Å². The highest BCUT2D eigenvalue weighted by Crippen LogP contribution is 2.27. The maximum atomic E-state index is 12.1. The van der Waals surface area contributed by atoms with Gasteiger partial charge in [0.15, 0.2) is 0 Å². The number of benzene rings is 3. The average Bonchev–Trinajstić information content (AvgIpc) is 2.60. The molecular weight excluding hydrogens is 284 g/mol. The highest BCUT2D eigenvalue weighted by Gasteiger charge is 2.14. The van der Waals surface area contributed by atoms with E-state index in [1.54, 1.807) is 0 Å². The van der Waals surface area contributed by atoms with Gasteiger partial charge in [-0.15, -0.1) is 0 Å². The molecular formula is C21H20O2. The number of carbonyl (C=O) groups excluding carboxylic acids is 1. The molecule has 0 aliphatic heterocycles. The Bertz CT molecular complexity index is 788. The zero-order chi connectivity index (χ0) is 16.1. The molecule has 0 radical (unpaired) electrons. The lowest BCUT2D eigenvalue weighted by atomic mass is 9.92. The normalized spacial score (nSPS) is 12.0. The van der Waals surface area contributed by atoms with E-state index in [0.29, 0.717) is 13.0 Å². The minimum Gasteiger partial charge on any atom is -0.461 e. The van der Waals surface area contributed by atoms with Gasteiger partial charge in [0, 0.05) is 0 Å². The quantitative estimate of drug-likeness (QED) is 0.615. The van der Waals surface area contributed by atoms with Crippen molar-refractivity contribution in [2.75, 3.05) is 0 Å². The first-order chi connectivity index (χ1) is 11.2. The first-order valence-corrected chi connectivity index (χ1v) is 7.91. The van der Waals surface area contributed by atoms with Gasteiger partial charge in [0.2, 0.25) is 0 Å². The van der Waals surface area contributed by atoms with Crippen LogP contribution in [0.15, 0.2) is 72.8 Å². The second kappa shape index (κ2) is 7.10. The van der Waals surface area contributed by atoms with Gasteiger partial charge in [-0.05, 0) is 27.8 Å². The number of carbonyl (C=O) groups is 1. The lowest BCUT2D eigenvalue weighted by Gasteiger charge is -2.14. The molecule has 0 aliphatic rings. The standard InChI is InChI=1S/C21H20O2/c1-16(14-21(22)23-15-17-8-3-2-4-9-17)19-13-7-11-18-10-5-6-12-20(18)19/h2-13,16H,14-15H2,1H3. The Hall–Kier alpha value is -2.61. The number of hydrogen-bond donors (Lipinski definition) is 0. The third-order valence-electron chi connectivity index (χ3n) is 4.07. The number of rotatable bonds is 5. The highest BCUT2D eigenvalue weighted by atomic mass is 16.5. The topological polar surface area (TPSA) is 26.3 Å². The van der Waals surface area contributed by atoms with Crippen LogP contribution in [0.25, 0.3) is 10.8 Å². The minimum absolute atomic E-state index is 0.129. The van der Waals surface area contributed by atoms with Crippen LogP contribution in [0.1, 0.15) is 30.4 Å². The van der Waals surface area contributed by atoms with E-state index in [1.807, 2.05) is 48.5 Å². The zero-order valence-corrected chi connectivity index (χ0v) is 13.2. The molecule has 3 rings (SSSR count). The van der Waals surface area contributed by atoms with Crippen molar-refractivity contribution >= 4 is 16.7 Å². The fourth-order valence-corrected chi connectivity index (χ4v) is 2.84. The first-order valence-electron chi connectivity index (χ1n) is 7.91. The Labute approximate surface area is 136 Å². The molecule has 0 bridgehead atoms. The monoisotopic (exact) mass is 304 g/mol. The van der Waals surface area contributed by atoms with E-state index in [-0.39, 0.29) is 11.9 Å². The molecule has 2 nitrogen and oxygen atoms in total. The summed E-state index contributed by atoms with van der Waals surface area (Å²) in [5.74, 6) is -0.0290. The van der Waals surface area contributed by atoms with Crippen molar-refractivity contribution in [1.82, 2.24) is 0 Å². The molecule has 0 aliphatic carbocycles. The van der Waals surface area contributed by atoms with Gasteiger partial charge in [-0.2, -0.15) is 0 Å². The Balaban J connectivity index is 1.66. The molecule has 0 saturated carbocycles. The summed E-state index contributed by atoms with van der Waals surface area (Å²) >= 11 is 0. The predicted octanol–water partition coefficient (Wildman–Crippen LogP) is 5.08. The fraction of sp³-hybridized carbons (Fsp3) is 0.190. The molecule has 0 saturated heterocycles. The van der Waals surface area contributed by atoms with Crippen LogP contribution >= 0.6 is 0 Å². The van der Waals surface area contributed by atoms with Crippen LogP contribution in [-0.4, -0.2) is 5.97 Å². The van der Waals surface area contributed by atoms with E-state index in [1.165, 1.54) is 16.3 Å². The highest BCUT2D eigenvalue weighted by molar-refractivity contribution is 5.86. The summed E-state index contributed by atoms with van der Waals surface area (Å²) < 4.78 is 5.39. The predicted molar refractivity (Wildman–Crippen MR) is 93.2 cm³/mol. The number of ether oxygens (including phenoxy) is 1. The Morgan fingerprint density at radius 1 is 0.913 bits per heavy atom. The maximum absolute atomic E-state index is 12.1. The molecule has 0 aromatic heterocycles. The molecule has 1 atom stereocenters. The van der Waals surface area contributed by atoms with Gasteiger partial charge in [0.1, 0.15) is 6.61 Å². The summed E-state index contributed by atoms with van der Waals surface area (Å²) in [6.07, 6.45) is 0.390. The maximum Gasteiger partial charge on any atom is 0.306 e. The van der Waals surface area contributed by atoms with Crippen molar-refractivity contribution < 1.29 is 9.53 Å². The SMILES string of the molecule is CC(CC(=O)OCc1ccccc1)c1cccc2ccccc12. The molecule has 116 valence electrons. The van der Waals surface area contributed by atoms with E-state index < -0.39 is 0 Å². The van der Waals surface area contributed by atoms with Crippen LogP contribution in [-0.2, 0) is 16.1 Å². The van der Waals surface area contributed by atoms with Crippen LogP contribution < -0.4 is 0 Å². The van der Waals surface area contributed by atoms with E-state index in [0.717, 1.165) is 5.56 Å². The molecule has 0 spiro atoms. The van der Waals surface area contributed by atoms with Crippen molar-refractivity contribution in [1.29, 1.82) is 0 Å². The third kappa shape index (κ3) is 3.78. The fourth-order valence-electron chi connectivity index (χ4n) is 2.84. The van der Waals surface area contributed by atoms with Gasteiger partial charge in [0.05, 0.1) is 6.42 Å². The zero-order valence-electron chi connectivity index (χ0n) is 13.2. The molecule has 0 fully saturated rings. The average molecular weight is 304 g/mol. The molecule has 2 heteroatoms. The van der Waals surface area contributed by atoms with Crippen LogP contribution in [0.4, 0.5) is 0 Å². The summed E-state index contributed by atoms with van der Waals surface area (Å²) in [6.45, 7) is 2.41. The molecule has 1 unspecified atom stereocenters. The van der Waals surface area contributed by atoms with Crippen molar-refractivity contribution in [3.63, 3.8) is 0 Å². The number of fused-ring (bicyclic) bond motifs is 1. The van der Waals surface area contributed by atoms with Crippen LogP contribution in [0, 0.1) is 0 Å². The Kier molecular flexibility index (Phi) is 4.72. The summed E-state index contributed by atoms with van der Waals surface area (Å²) in [4.78, 5) is 12.1. The third-order valence-corrected chi connectivity index (χ3v) is 4.07. The van der Waals surface area contributed by atoms with Gasteiger partial charge in [-0.3, -0.25) is 4.79 Å². The lowest BCUT2D eigenvalue weighted by molar-refractivity contribution is -0.145. The van der Waals surface area contributed by atoms with Crippen LogP contribution in [0.5, 0.6) is 0 Å². The number of esters is 1. The molecule has 0 heterocycles. The van der Waals surface area contributed by atoms with Crippen LogP contribution in [0.3, 0.4) is 0 Å². The van der Waals surface area contributed by atoms with Crippen molar-refractivity contribution in [2.24, 2.45) is 0 Å². The van der Waals surface area contributed by atoms with Crippen LogP contribution in [0.2, 0.25) is 0 Å². The second-order valence-electron chi connectivity index (χ2n) is 5.82. The van der Waals surface area contributed by atoms with Gasteiger partial charge in [0.25, 0.3) is 0 Å². The van der Waals surface area contributed by atoms with Gasteiger partial charge in [-0.1, -0.05) is 79.7 Å². The summed E-state index contributed by atoms with van der Waals surface area (Å²) in [5, 5.41) is 2.41. The summed E-state index contributed by atoms with van der Waals surface area (Å²) in [7, 11) is 0. The minimum atomic E-state index is -0.158. The van der Waals surface area contributed by atoms with Crippen molar-refractivity contribution in [3.8, 4) is 0 Å². The lowest BCUT2D eigenvalue weighted by Crippen LogP contribution is -2.09. The smallest absolute Gasteiger partial charge is 0.306 e. The summed E-state index contributed by atoms with van der Waals surface area (Å²) in [6, 6.07) is 24.3. The van der Waals surface area contributed by atoms with E-state index in [2.05, 4.69) is 31.2 Å². The van der Waals surface area contributed by atoms with E-state index in [9.17, 15) is 4.79 Å². The van der Waals surface area contributed by atoms with Crippen molar-refractivity contribution in [3.05, 3.63) is 83.9 Å². The largest absolute Gasteiger partial charge is 0.461 e. The van der Waals surface area contributed by atoms with Gasteiger partial charge >= 0.3 is 5.97 Å². The Morgan fingerprint density at radius 3 is 2.43 bits per heavy atom. The molecule has 3 aromatic rings. The molecule has 23 heavy (non-hydrogen) atoms. The second-order valence-corrected chi connectivity index (χ2v) is 5.82. The van der Waals surface area contributed by atoms with Crippen molar-refractivity contribution in [2.45, 2.75) is 25.9 Å². The van der Waals surface area contributed by atoms with Gasteiger partial charge in [-0.25, -0.2) is 0 Å². The number of hydrogen-bond acceptors (Lipinski definition) is 2. The molecule has 0 amide bonds. The summed E-state index contributed by atoms with van der Waals surface area (Å²) in [5.41, 5.74) is 2.21. The Morgan fingerprint density at radius 2 is 1.61 bits per heavy atom. The molecule has 3 aromatic carbocycles. The van der Waals surface area contributed by atoms with E-state index in [4.69, 9.17) is 4.74 Å². The molecule has 0 N–H and O–H groups in total.